The van der Waals surface area contributed by atoms with Gasteiger partial charge in [0.15, 0.2) is 0 Å². The first-order valence-corrected chi connectivity index (χ1v) is 5.16. The molecule has 0 bridgehead atoms. The molecule has 0 radical (unpaired) electrons. The van der Waals surface area contributed by atoms with Gasteiger partial charge in [0.2, 0.25) is 0 Å². The Morgan fingerprint density at radius 2 is 2.14 bits per heavy atom. The van der Waals surface area contributed by atoms with Crippen LogP contribution in [0.25, 0.3) is 0 Å². The molecule has 2 heteroatoms. The van der Waals surface area contributed by atoms with Crippen molar-refractivity contribution in [2.45, 2.75) is 32.6 Å². The largest absolute Gasteiger partial charge is 0.330 e. The lowest BCUT2D eigenvalue weighted by atomic mass is 9.89. The quantitative estimate of drug-likeness (QED) is 0.775. The fraction of sp³-hybridized carbons (Fsp3) is 0.583. The summed E-state index contributed by atoms with van der Waals surface area (Å²) >= 11 is 0. The molecular formula is C12H18N2. The van der Waals surface area contributed by atoms with E-state index in [1.165, 1.54) is 11.3 Å². The van der Waals surface area contributed by atoms with E-state index < -0.39 is 0 Å². The number of nitrogens with zero attached hydrogens (tertiary/aromatic N) is 1. The van der Waals surface area contributed by atoms with Crippen molar-refractivity contribution in [1.29, 1.82) is 0 Å². The van der Waals surface area contributed by atoms with Crippen molar-refractivity contribution in [1.82, 2.24) is 4.98 Å². The minimum atomic E-state index is 0.137. The molecule has 2 rings (SSSR count). The molecule has 0 aliphatic heterocycles. The third-order valence-corrected chi connectivity index (χ3v) is 3.73. The summed E-state index contributed by atoms with van der Waals surface area (Å²) in [5.74, 6) is 0. The van der Waals surface area contributed by atoms with E-state index in [1.54, 1.807) is 0 Å². The Labute approximate surface area is 85.5 Å². The molecule has 14 heavy (non-hydrogen) atoms. The first-order chi connectivity index (χ1) is 6.53. The highest BCUT2D eigenvalue weighted by Gasteiger charge is 2.62. The van der Waals surface area contributed by atoms with Gasteiger partial charge in [-0.3, -0.25) is 4.98 Å². The summed E-state index contributed by atoms with van der Waals surface area (Å²) in [6, 6.07) is 4.10. The van der Waals surface area contributed by atoms with Gasteiger partial charge in [-0.05, 0) is 30.4 Å². The van der Waals surface area contributed by atoms with Crippen molar-refractivity contribution >= 4 is 0 Å². The van der Waals surface area contributed by atoms with Crippen molar-refractivity contribution < 1.29 is 0 Å². The molecule has 0 aromatic carbocycles. The monoisotopic (exact) mass is 190 g/mol. The Kier molecular flexibility index (Phi) is 1.93. The van der Waals surface area contributed by atoms with E-state index in [0.29, 0.717) is 12.0 Å². The number of pyridine rings is 1. The molecule has 1 atom stereocenters. The van der Waals surface area contributed by atoms with Crippen LogP contribution in [0.3, 0.4) is 0 Å². The number of nitrogens with two attached hydrogens (primary N) is 1. The van der Waals surface area contributed by atoms with Gasteiger partial charge in [-0.25, -0.2) is 0 Å². The van der Waals surface area contributed by atoms with E-state index in [4.69, 9.17) is 5.73 Å². The molecule has 1 aliphatic carbocycles. The number of hydrogen-bond donors (Lipinski definition) is 1. The third-order valence-electron chi connectivity index (χ3n) is 3.73. The first-order valence-electron chi connectivity index (χ1n) is 5.16. The van der Waals surface area contributed by atoms with Crippen molar-refractivity contribution in [3.8, 4) is 0 Å². The Bertz CT molecular complexity index is 357. The Morgan fingerprint density at radius 3 is 2.57 bits per heavy atom. The second-order valence-electron chi connectivity index (χ2n) is 5.02. The zero-order chi connectivity index (χ0) is 10.4. The molecular weight excluding hydrogens is 172 g/mol. The van der Waals surface area contributed by atoms with Crippen LogP contribution in [-0.2, 0) is 5.41 Å². The van der Waals surface area contributed by atoms with Crippen molar-refractivity contribution in [2.24, 2.45) is 11.1 Å². The van der Waals surface area contributed by atoms with Gasteiger partial charge < -0.3 is 5.73 Å². The van der Waals surface area contributed by atoms with Crippen molar-refractivity contribution in [3.63, 3.8) is 0 Å². The fourth-order valence-corrected chi connectivity index (χ4v) is 2.55. The highest BCUT2D eigenvalue weighted by Crippen LogP contribution is 2.63. The van der Waals surface area contributed by atoms with Crippen molar-refractivity contribution in [2.75, 3.05) is 6.54 Å². The lowest BCUT2D eigenvalue weighted by molar-refractivity contribution is 0.491. The molecule has 0 spiro atoms. The highest BCUT2D eigenvalue weighted by atomic mass is 14.8. The SMILES string of the molecule is Cc1cccnc1C1(CN)CC1(C)C. The maximum atomic E-state index is 5.91. The second kappa shape index (κ2) is 2.80. The molecule has 1 fully saturated rings. The van der Waals surface area contributed by atoms with E-state index in [2.05, 4.69) is 31.8 Å². The predicted octanol–water partition coefficient (Wildman–Crippen LogP) is 2.02. The standard InChI is InChI=1S/C12H18N2/c1-9-5-4-6-14-10(9)12(8-13)7-11(12,2)3/h4-6H,7-8,13H2,1-3H3. The minimum Gasteiger partial charge on any atom is -0.330 e. The molecule has 1 heterocycles. The molecule has 1 aromatic heterocycles. The molecule has 0 saturated heterocycles. The van der Waals surface area contributed by atoms with Crippen LogP contribution in [0.5, 0.6) is 0 Å². The van der Waals surface area contributed by atoms with E-state index in [-0.39, 0.29) is 5.41 Å². The van der Waals surface area contributed by atoms with Crippen LogP contribution in [0.15, 0.2) is 18.3 Å². The van der Waals surface area contributed by atoms with Crippen LogP contribution < -0.4 is 5.73 Å². The smallest absolute Gasteiger partial charge is 0.0512 e. The first kappa shape index (κ1) is 9.66. The van der Waals surface area contributed by atoms with Gasteiger partial charge in [-0.15, -0.1) is 0 Å². The van der Waals surface area contributed by atoms with Crippen LogP contribution in [0.1, 0.15) is 31.5 Å². The maximum Gasteiger partial charge on any atom is 0.0512 e. The van der Waals surface area contributed by atoms with Gasteiger partial charge in [0.25, 0.3) is 0 Å². The summed E-state index contributed by atoms with van der Waals surface area (Å²) < 4.78 is 0. The van der Waals surface area contributed by atoms with Crippen LogP contribution in [-0.4, -0.2) is 11.5 Å². The molecule has 0 amide bonds. The molecule has 1 aliphatic rings. The zero-order valence-electron chi connectivity index (χ0n) is 9.17. The molecule has 76 valence electrons. The van der Waals surface area contributed by atoms with E-state index in [1.807, 2.05) is 12.3 Å². The van der Waals surface area contributed by atoms with Gasteiger partial charge in [0.1, 0.15) is 0 Å². The van der Waals surface area contributed by atoms with E-state index >= 15 is 0 Å². The Hall–Kier alpha value is -0.890. The summed E-state index contributed by atoms with van der Waals surface area (Å²) in [5.41, 5.74) is 8.83. The molecule has 1 aromatic rings. The zero-order valence-corrected chi connectivity index (χ0v) is 9.17. The fourth-order valence-electron chi connectivity index (χ4n) is 2.55. The molecule has 2 nitrogen and oxygen atoms in total. The average Bonchev–Trinajstić information content (AvgIpc) is 2.70. The van der Waals surface area contributed by atoms with E-state index in [0.717, 1.165) is 6.42 Å². The number of hydrogen-bond acceptors (Lipinski definition) is 2. The minimum absolute atomic E-state index is 0.137. The normalized spacial score (nSPS) is 28.9. The number of aromatic nitrogens is 1. The maximum absolute atomic E-state index is 5.91. The highest BCUT2D eigenvalue weighted by molar-refractivity contribution is 5.37. The van der Waals surface area contributed by atoms with Crippen LogP contribution >= 0.6 is 0 Å². The topological polar surface area (TPSA) is 38.9 Å². The van der Waals surface area contributed by atoms with Crippen LogP contribution in [0.4, 0.5) is 0 Å². The summed E-state index contributed by atoms with van der Waals surface area (Å²) in [5, 5.41) is 0. The van der Waals surface area contributed by atoms with Gasteiger partial charge >= 0.3 is 0 Å². The summed E-state index contributed by atoms with van der Waals surface area (Å²) in [4.78, 5) is 4.50. The van der Waals surface area contributed by atoms with Crippen LogP contribution in [0, 0.1) is 12.3 Å². The number of rotatable bonds is 2. The molecule has 2 N–H and O–H groups in total. The van der Waals surface area contributed by atoms with Gasteiger partial charge in [0.05, 0.1) is 5.69 Å². The summed E-state index contributed by atoms with van der Waals surface area (Å²) in [6.45, 7) is 7.37. The van der Waals surface area contributed by atoms with Gasteiger partial charge in [-0.1, -0.05) is 19.9 Å². The third kappa shape index (κ3) is 1.10. The van der Waals surface area contributed by atoms with Gasteiger partial charge in [0, 0.05) is 18.2 Å². The summed E-state index contributed by atoms with van der Waals surface area (Å²) in [7, 11) is 0. The lowest BCUT2D eigenvalue weighted by Crippen LogP contribution is -2.27. The Morgan fingerprint density at radius 1 is 1.50 bits per heavy atom. The van der Waals surface area contributed by atoms with Crippen molar-refractivity contribution in [3.05, 3.63) is 29.6 Å². The average molecular weight is 190 g/mol. The summed E-state index contributed by atoms with van der Waals surface area (Å²) in [6.07, 6.45) is 3.03. The lowest BCUT2D eigenvalue weighted by Gasteiger charge is -2.19. The van der Waals surface area contributed by atoms with Gasteiger partial charge in [-0.2, -0.15) is 0 Å². The molecule has 1 unspecified atom stereocenters. The second-order valence-corrected chi connectivity index (χ2v) is 5.02. The Balaban J connectivity index is 2.46. The van der Waals surface area contributed by atoms with E-state index in [9.17, 15) is 0 Å². The van der Waals surface area contributed by atoms with Crippen LogP contribution in [0.2, 0.25) is 0 Å². The molecule has 1 saturated carbocycles. The predicted molar refractivity (Wildman–Crippen MR) is 58.1 cm³/mol. The number of aryl methyl sites for hydroxylation is 1.